The number of hydrogen-bond donors (Lipinski definition) is 0. The average molecular weight is 356 g/mol. The number of rotatable bonds is 7. The maximum absolute atomic E-state index is 13.1. The molecule has 0 N–H and O–H groups in total. The summed E-state index contributed by atoms with van der Waals surface area (Å²) in [5, 5.41) is 3.02. The minimum absolute atomic E-state index is 0.154. The maximum atomic E-state index is 13.1. The Bertz CT molecular complexity index is 682. The third-order valence-electron chi connectivity index (χ3n) is 5.34. The van der Waals surface area contributed by atoms with E-state index in [1.807, 2.05) is 22.5 Å². The minimum Gasteiger partial charge on any atom is -0.334 e. The molecule has 2 aliphatic rings. The topological polar surface area (TPSA) is 36.4 Å². The Hall–Kier alpha value is -1.72. The largest absolute Gasteiger partial charge is 0.334 e. The van der Waals surface area contributed by atoms with Crippen LogP contribution in [0.2, 0.25) is 0 Å². The summed E-state index contributed by atoms with van der Waals surface area (Å²) >= 11 is 1.64. The van der Waals surface area contributed by atoms with Crippen molar-refractivity contribution in [3.63, 3.8) is 0 Å². The lowest BCUT2D eigenvalue weighted by Gasteiger charge is -2.25. The smallest absolute Gasteiger partial charge is 0.226 e. The monoisotopic (exact) mass is 355 g/mol. The van der Waals surface area contributed by atoms with Gasteiger partial charge < -0.3 is 9.80 Å². The summed E-state index contributed by atoms with van der Waals surface area (Å²) in [6, 6.07) is 10.5. The lowest BCUT2D eigenvalue weighted by molar-refractivity contribution is -0.133. The number of carbonyl (C=O) groups is 1. The molecule has 25 heavy (non-hydrogen) atoms. The van der Waals surface area contributed by atoms with Crippen LogP contribution in [0, 0.1) is 5.92 Å². The van der Waals surface area contributed by atoms with Gasteiger partial charge in [0.15, 0.2) is 0 Å². The van der Waals surface area contributed by atoms with Crippen LogP contribution in [0.3, 0.4) is 0 Å². The molecule has 0 unspecified atom stereocenters. The van der Waals surface area contributed by atoms with Crippen molar-refractivity contribution in [3.8, 4) is 0 Å². The van der Waals surface area contributed by atoms with E-state index in [0.717, 1.165) is 24.5 Å². The Balaban J connectivity index is 1.40. The van der Waals surface area contributed by atoms with Gasteiger partial charge in [-0.15, -0.1) is 11.3 Å². The lowest BCUT2D eigenvalue weighted by atomic mass is 10.1. The first-order valence-electron chi connectivity index (χ1n) is 9.26. The highest BCUT2D eigenvalue weighted by Gasteiger charge is 2.45. The maximum Gasteiger partial charge on any atom is 0.226 e. The Kier molecular flexibility index (Phi) is 5.13. The van der Waals surface area contributed by atoms with Gasteiger partial charge in [0.2, 0.25) is 5.91 Å². The summed E-state index contributed by atoms with van der Waals surface area (Å²) in [5.74, 6) is 0.864. The second-order valence-electron chi connectivity index (χ2n) is 7.09. The molecule has 2 atom stereocenters. The van der Waals surface area contributed by atoms with Crippen molar-refractivity contribution in [2.45, 2.75) is 31.7 Å². The molecule has 0 radical (unpaired) electrons. The molecule has 4 rings (SSSR count). The van der Waals surface area contributed by atoms with Gasteiger partial charge in [-0.2, -0.15) is 0 Å². The van der Waals surface area contributed by atoms with Gasteiger partial charge in [-0.3, -0.25) is 4.79 Å². The number of hydrogen-bond acceptors (Lipinski definition) is 4. The number of benzene rings is 1. The Morgan fingerprint density at radius 1 is 1.24 bits per heavy atom. The SMILES string of the molecule is O=C([C@@H]1C[C@H]1c1ccccc1)N(CCN1CCCC1)Cc1nccs1. The number of carbonyl (C=O) groups excluding carboxylic acids is 1. The quantitative estimate of drug-likeness (QED) is 0.764. The molecule has 1 aliphatic heterocycles. The van der Waals surface area contributed by atoms with Gasteiger partial charge in [-0.25, -0.2) is 4.98 Å². The van der Waals surface area contributed by atoms with Crippen molar-refractivity contribution < 1.29 is 4.79 Å². The zero-order valence-electron chi connectivity index (χ0n) is 14.5. The zero-order valence-corrected chi connectivity index (χ0v) is 15.3. The van der Waals surface area contributed by atoms with Crippen LogP contribution in [0.1, 0.15) is 35.8 Å². The highest BCUT2D eigenvalue weighted by atomic mass is 32.1. The van der Waals surface area contributed by atoms with E-state index in [2.05, 4.69) is 34.1 Å². The fourth-order valence-corrected chi connectivity index (χ4v) is 4.43. The predicted octanol–water partition coefficient (Wildman–Crippen LogP) is 3.37. The molecule has 2 heterocycles. The predicted molar refractivity (Wildman–Crippen MR) is 100 cm³/mol. The van der Waals surface area contributed by atoms with E-state index in [-0.39, 0.29) is 5.92 Å². The van der Waals surface area contributed by atoms with Crippen LogP contribution >= 0.6 is 11.3 Å². The van der Waals surface area contributed by atoms with E-state index >= 15 is 0 Å². The molecule has 0 spiro atoms. The molecule has 0 bridgehead atoms. The minimum atomic E-state index is 0.154. The molecule has 2 aromatic rings. The van der Waals surface area contributed by atoms with E-state index in [9.17, 15) is 4.79 Å². The number of amides is 1. The van der Waals surface area contributed by atoms with Gasteiger partial charge in [0.05, 0.1) is 6.54 Å². The molecular formula is C20H25N3OS. The highest BCUT2D eigenvalue weighted by Crippen LogP contribution is 2.48. The van der Waals surface area contributed by atoms with E-state index in [1.54, 1.807) is 11.3 Å². The van der Waals surface area contributed by atoms with Gasteiger partial charge >= 0.3 is 0 Å². The van der Waals surface area contributed by atoms with Crippen LogP contribution in [0.4, 0.5) is 0 Å². The Morgan fingerprint density at radius 3 is 2.76 bits per heavy atom. The van der Waals surface area contributed by atoms with Crippen molar-refractivity contribution in [1.82, 2.24) is 14.8 Å². The van der Waals surface area contributed by atoms with Crippen molar-refractivity contribution in [1.29, 1.82) is 0 Å². The van der Waals surface area contributed by atoms with E-state index in [0.29, 0.717) is 18.4 Å². The normalized spacial score (nSPS) is 22.9. The Labute approximate surface area is 153 Å². The van der Waals surface area contributed by atoms with Gasteiger partial charge in [-0.05, 0) is 43.8 Å². The van der Waals surface area contributed by atoms with Crippen LogP contribution in [0.15, 0.2) is 41.9 Å². The number of nitrogens with zero attached hydrogens (tertiary/aromatic N) is 3. The first-order chi connectivity index (χ1) is 12.3. The van der Waals surface area contributed by atoms with Gasteiger partial charge in [-0.1, -0.05) is 30.3 Å². The first-order valence-corrected chi connectivity index (χ1v) is 10.1. The molecule has 1 aromatic heterocycles. The molecule has 132 valence electrons. The molecular weight excluding hydrogens is 330 g/mol. The highest BCUT2D eigenvalue weighted by molar-refractivity contribution is 7.09. The van der Waals surface area contributed by atoms with Crippen molar-refractivity contribution in [3.05, 3.63) is 52.5 Å². The van der Waals surface area contributed by atoms with Crippen LogP contribution in [-0.2, 0) is 11.3 Å². The van der Waals surface area contributed by atoms with Gasteiger partial charge in [0.25, 0.3) is 0 Å². The van der Waals surface area contributed by atoms with Crippen LogP contribution in [-0.4, -0.2) is 46.9 Å². The first kappa shape index (κ1) is 16.7. The molecule has 1 aliphatic carbocycles. The summed E-state index contributed by atoms with van der Waals surface area (Å²) in [7, 11) is 0. The van der Waals surface area contributed by atoms with Crippen molar-refractivity contribution in [2.24, 2.45) is 5.92 Å². The van der Waals surface area contributed by atoms with Crippen LogP contribution in [0.25, 0.3) is 0 Å². The number of thiazole rings is 1. The molecule has 1 saturated heterocycles. The van der Waals surface area contributed by atoms with Crippen LogP contribution in [0.5, 0.6) is 0 Å². The molecule has 5 heteroatoms. The summed E-state index contributed by atoms with van der Waals surface area (Å²) in [6.07, 6.45) is 5.40. The van der Waals surface area contributed by atoms with E-state index in [1.165, 1.54) is 31.5 Å². The molecule has 1 amide bonds. The third kappa shape index (κ3) is 4.10. The van der Waals surface area contributed by atoms with Gasteiger partial charge in [0, 0.05) is 30.6 Å². The van der Waals surface area contributed by atoms with E-state index in [4.69, 9.17) is 0 Å². The third-order valence-corrected chi connectivity index (χ3v) is 6.11. The fraction of sp³-hybridized carbons (Fsp3) is 0.500. The zero-order chi connectivity index (χ0) is 17.1. The second-order valence-corrected chi connectivity index (χ2v) is 8.07. The van der Waals surface area contributed by atoms with Crippen molar-refractivity contribution in [2.75, 3.05) is 26.2 Å². The number of likely N-dealkylation sites (tertiary alicyclic amines) is 1. The Morgan fingerprint density at radius 2 is 2.04 bits per heavy atom. The van der Waals surface area contributed by atoms with Crippen molar-refractivity contribution >= 4 is 17.2 Å². The van der Waals surface area contributed by atoms with Crippen LogP contribution < -0.4 is 0 Å². The van der Waals surface area contributed by atoms with E-state index < -0.39 is 0 Å². The standard InChI is InChI=1S/C20H25N3OS/c24-20(18-14-17(18)16-6-2-1-3-7-16)23(15-19-21-8-13-25-19)12-11-22-9-4-5-10-22/h1-3,6-8,13,17-18H,4-5,9-12,14-15H2/t17-,18+/m0/s1. The molecule has 4 nitrogen and oxygen atoms in total. The molecule has 1 saturated carbocycles. The van der Waals surface area contributed by atoms with Gasteiger partial charge in [0.1, 0.15) is 5.01 Å². The summed E-state index contributed by atoms with van der Waals surface area (Å²) < 4.78 is 0. The fourth-order valence-electron chi connectivity index (χ4n) is 3.80. The number of aromatic nitrogens is 1. The average Bonchev–Trinajstić information content (AvgIpc) is 3.02. The molecule has 1 aromatic carbocycles. The summed E-state index contributed by atoms with van der Waals surface area (Å²) in [6.45, 7) is 4.81. The summed E-state index contributed by atoms with van der Waals surface area (Å²) in [5.41, 5.74) is 1.30. The second kappa shape index (κ2) is 7.67. The summed E-state index contributed by atoms with van der Waals surface area (Å²) in [4.78, 5) is 22.0. The lowest BCUT2D eigenvalue weighted by Crippen LogP contribution is -2.38. The molecule has 2 fully saturated rings.